The molecular weight excluding hydrogens is 536 g/mol. The van der Waals surface area contributed by atoms with E-state index < -0.39 is 37.0 Å². The van der Waals surface area contributed by atoms with Crippen molar-refractivity contribution in [3.05, 3.63) is 114 Å². The van der Waals surface area contributed by atoms with Gasteiger partial charge in [0, 0.05) is 5.56 Å². The fourth-order valence-electron chi connectivity index (χ4n) is 5.22. The molecule has 0 aliphatic carbocycles. The van der Waals surface area contributed by atoms with E-state index in [4.69, 9.17) is 9.47 Å². The quantitative estimate of drug-likeness (QED) is 0.212. The van der Waals surface area contributed by atoms with Gasteiger partial charge in [-0.25, -0.2) is 15.0 Å². The SMILES string of the molecule is COc1cccc(C(=O)N[C@@H]2[C@H](O)[C@@H](CO)O[C@H]2n2cnc3c(NC(c4ccccc4)c4ccccc4)ncnc32)c1. The molecule has 11 nitrogen and oxygen atoms in total. The third-order valence-corrected chi connectivity index (χ3v) is 7.36. The van der Waals surface area contributed by atoms with Gasteiger partial charge in [0.25, 0.3) is 5.91 Å². The first-order chi connectivity index (χ1) is 20.6. The number of aliphatic hydroxyl groups is 2. The molecule has 3 heterocycles. The lowest BCUT2D eigenvalue weighted by molar-refractivity contribution is -0.0440. The number of amides is 1. The number of anilines is 1. The molecule has 1 saturated heterocycles. The van der Waals surface area contributed by atoms with Crippen LogP contribution in [0.4, 0.5) is 5.82 Å². The Morgan fingerprint density at radius 1 is 1.00 bits per heavy atom. The van der Waals surface area contributed by atoms with Crippen LogP contribution < -0.4 is 15.4 Å². The minimum atomic E-state index is -1.19. The van der Waals surface area contributed by atoms with E-state index in [2.05, 4.69) is 25.6 Å². The van der Waals surface area contributed by atoms with Crippen LogP contribution in [-0.2, 0) is 4.74 Å². The number of benzene rings is 3. The molecule has 0 unspecified atom stereocenters. The molecule has 6 rings (SSSR count). The van der Waals surface area contributed by atoms with E-state index in [1.807, 2.05) is 60.7 Å². The van der Waals surface area contributed by atoms with Crippen LogP contribution >= 0.6 is 0 Å². The number of hydrogen-bond acceptors (Lipinski definition) is 9. The predicted molar refractivity (Wildman–Crippen MR) is 155 cm³/mol. The number of nitrogens with zero attached hydrogens (tertiary/aromatic N) is 4. The molecule has 0 radical (unpaired) electrons. The minimum Gasteiger partial charge on any atom is -0.497 e. The summed E-state index contributed by atoms with van der Waals surface area (Å²) in [6.45, 7) is -0.437. The summed E-state index contributed by atoms with van der Waals surface area (Å²) in [6.07, 6.45) is -0.0605. The molecular formula is C31H30N6O5. The van der Waals surface area contributed by atoms with E-state index in [1.165, 1.54) is 19.8 Å². The number of carbonyl (C=O) groups is 1. The summed E-state index contributed by atoms with van der Waals surface area (Å²) >= 11 is 0. The van der Waals surface area contributed by atoms with Gasteiger partial charge in [0.05, 0.1) is 26.1 Å². The number of aliphatic hydroxyl groups excluding tert-OH is 2. The van der Waals surface area contributed by atoms with Gasteiger partial charge in [-0.3, -0.25) is 9.36 Å². The summed E-state index contributed by atoms with van der Waals surface area (Å²) in [5.74, 6) is 0.600. The second-order valence-electron chi connectivity index (χ2n) is 9.91. The van der Waals surface area contributed by atoms with Crippen LogP contribution in [0.1, 0.15) is 33.8 Å². The highest BCUT2D eigenvalue weighted by atomic mass is 16.5. The second-order valence-corrected chi connectivity index (χ2v) is 9.91. The van der Waals surface area contributed by atoms with Gasteiger partial charge in [0.15, 0.2) is 23.2 Å². The molecule has 1 fully saturated rings. The summed E-state index contributed by atoms with van der Waals surface area (Å²) in [4.78, 5) is 26.7. The molecule has 5 aromatic rings. The lowest BCUT2D eigenvalue weighted by atomic mass is 9.99. The molecule has 0 spiro atoms. The van der Waals surface area contributed by atoms with Crippen molar-refractivity contribution in [2.24, 2.45) is 0 Å². The monoisotopic (exact) mass is 566 g/mol. The fraction of sp³-hybridized carbons (Fsp3) is 0.226. The first-order valence-electron chi connectivity index (χ1n) is 13.5. The minimum absolute atomic E-state index is 0.214. The maximum atomic E-state index is 13.2. The van der Waals surface area contributed by atoms with Crippen molar-refractivity contribution in [3.63, 3.8) is 0 Å². The van der Waals surface area contributed by atoms with Crippen LogP contribution in [0.5, 0.6) is 5.75 Å². The predicted octanol–water partition coefficient (Wildman–Crippen LogP) is 3.09. The van der Waals surface area contributed by atoms with E-state index >= 15 is 0 Å². The van der Waals surface area contributed by atoms with E-state index in [0.29, 0.717) is 28.3 Å². The molecule has 42 heavy (non-hydrogen) atoms. The van der Waals surface area contributed by atoms with Gasteiger partial charge in [0.2, 0.25) is 0 Å². The number of aromatic nitrogens is 4. The Morgan fingerprint density at radius 3 is 2.38 bits per heavy atom. The third-order valence-electron chi connectivity index (χ3n) is 7.36. The lowest BCUT2D eigenvalue weighted by Gasteiger charge is -2.23. The first kappa shape index (κ1) is 27.3. The number of imidazole rings is 1. The number of fused-ring (bicyclic) bond motifs is 1. The Morgan fingerprint density at radius 2 is 1.71 bits per heavy atom. The lowest BCUT2D eigenvalue weighted by Crippen LogP contribution is -2.46. The molecule has 11 heteroatoms. The van der Waals surface area contributed by atoms with Crippen LogP contribution in [-0.4, -0.2) is 67.6 Å². The summed E-state index contributed by atoms with van der Waals surface area (Å²) in [7, 11) is 1.52. The Hall–Kier alpha value is -4.84. The molecule has 1 amide bonds. The van der Waals surface area contributed by atoms with Gasteiger partial charge in [-0.1, -0.05) is 66.7 Å². The Bertz CT molecular complexity index is 1630. The summed E-state index contributed by atoms with van der Waals surface area (Å²) < 4.78 is 12.9. The van der Waals surface area contributed by atoms with Gasteiger partial charge in [-0.2, -0.15) is 0 Å². The van der Waals surface area contributed by atoms with Gasteiger partial charge >= 0.3 is 0 Å². The summed E-state index contributed by atoms with van der Waals surface area (Å²) in [6, 6.07) is 25.6. The van der Waals surface area contributed by atoms with Crippen LogP contribution in [0.2, 0.25) is 0 Å². The molecule has 1 aliphatic rings. The zero-order chi connectivity index (χ0) is 29.1. The van der Waals surface area contributed by atoms with Crippen LogP contribution in [0.3, 0.4) is 0 Å². The molecule has 0 saturated carbocycles. The average molecular weight is 567 g/mol. The molecule has 2 aromatic heterocycles. The van der Waals surface area contributed by atoms with Crippen molar-refractivity contribution in [1.29, 1.82) is 0 Å². The van der Waals surface area contributed by atoms with Crippen LogP contribution in [0.25, 0.3) is 11.2 Å². The number of rotatable bonds is 9. The van der Waals surface area contributed by atoms with E-state index in [-0.39, 0.29) is 6.04 Å². The number of ether oxygens (including phenoxy) is 2. The van der Waals surface area contributed by atoms with Crippen molar-refractivity contribution >= 4 is 22.9 Å². The zero-order valence-corrected chi connectivity index (χ0v) is 22.7. The topological polar surface area (TPSA) is 144 Å². The zero-order valence-electron chi connectivity index (χ0n) is 22.7. The first-order valence-corrected chi connectivity index (χ1v) is 13.5. The Balaban J connectivity index is 1.33. The van der Waals surface area contributed by atoms with E-state index in [9.17, 15) is 15.0 Å². The summed E-state index contributed by atoms with van der Waals surface area (Å²) in [5, 5.41) is 27.3. The molecule has 0 bridgehead atoms. The van der Waals surface area contributed by atoms with Gasteiger partial charge in [-0.15, -0.1) is 0 Å². The average Bonchev–Trinajstić information content (AvgIpc) is 3.61. The standard InChI is InChI=1S/C31H30N6O5/c1-41-22-14-8-13-21(15-22)30(40)36-25-27(39)23(16-38)42-31(25)37-18-34-26-28(32-17-33-29(26)37)35-24(19-9-4-2-5-10-19)20-11-6-3-7-12-20/h2-15,17-18,23-25,27,31,38-39H,16H2,1H3,(H,36,40)(H,32,33,35)/t23-,25-,27-,31-/m1/s1. The van der Waals surface area contributed by atoms with Gasteiger partial charge in [-0.05, 0) is 29.3 Å². The van der Waals surface area contributed by atoms with Crippen molar-refractivity contribution in [1.82, 2.24) is 24.8 Å². The van der Waals surface area contributed by atoms with Crippen LogP contribution in [0, 0.1) is 0 Å². The fourth-order valence-corrected chi connectivity index (χ4v) is 5.22. The van der Waals surface area contributed by atoms with Crippen molar-refractivity contribution in [2.75, 3.05) is 19.0 Å². The second kappa shape index (κ2) is 12.0. The summed E-state index contributed by atoms with van der Waals surface area (Å²) in [5.41, 5.74) is 3.36. The van der Waals surface area contributed by atoms with Gasteiger partial charge in [0.1, 0.15) is 30.3 Å². The molecule has 1 aliphatic heterocycles. The molecule has 214 valence electrons. The molecule has 4 N–H and O–H groups in total. The number of carbonyl (C=O) groups excluding carboxylic acids is 1. The number of hydrogen-bond donors (Lipinski definition) is 4. The highest BCUT2D eigenvalue weighted by molar-refractivity contribution is 5.95. The third kappa shape index (κ3) is 5.28. The van der Waals surface area contributed by atoms with Gasteiger partial charge < -0.3 is 30.3 Å². The smallest absolute Gasteiger partial charge is 0.251 e. The van der Waals surface area contributed by atoms with Crippen molar-refractivity contribution in [2.45, 2.75) is 30.5 Å². The number of methoxy groups -OCH3 is 1. The highest BCUT2D eigenvalue weighted by Gasteiger charge is 2.46. The van der Waals surface area contributed by atoms with Crippen molar-refractivity contribution in [3.8, 4) is 5.75 Å². The largest absolute Gasteiger partial charge is 0.497 e. The Kier molecular flexibility index (Phi) is 7.78. The molecule has 4 atom stereocenters. The van der Waals surface area contributed by atoms with Crippen LogP contribution in [0.15, 0.2) is 97.6 Å². The Labute approximate surface area is 241 Å². The maximum absolute atomic E-state index is 13.2. The normalized spacial score (nSPS) is 20.1. The highest BCUT2D eigenvalue weighted by Crippen LogP contribution is 2.34. The van der Waals surface area contributed by atoms with E-state index in [1.54, 1.807) is 28.8 Å². The number of nitrogens with one attached hydrogen (secondary N) is 2. The van der Waals surface area contributed by atoms with E-state index in [0.717, 1.165) is 11.1 Å². The maximum Gasteiger partial charge on any atom is 0.251 e. The molecule has 3 aromatic carbocycles. The van der Waals surface area contributed by atoms with Crippen molar-refractivity contribution < 1.29 is 24.5 Å².